The lowest BCUT2D eigenvalue weighted by atomic mass is 9.73. The molecule has 0 bridgehead atoms. The Morgan fingerprint density at radius 2 is 2.00 bits per heavy atom. The molecule has 4 nitrogen and oxygen atoms in total. The summed E-state index contributed by atoms with van der Waals surface area (Å²) >= 11 is 0. The molecule has 2 aliphatic rings. The smallest absolute Gasteiger partial charge is 0.381 e. The highest BCUT2D eigenvalue weighted by molar-refractivity contribution is 14.0. The van der Waals surface area contributed by atoms with Crippen LogP contribution in [0.4, 0.5) is 13.2 Å². The van der Waals surface area contributed by atoms with E-state index < -0.39 is 11.7 Å². The Hall–Kier alpha value is -1.03. The molecular weight excluding hydrogens is 446 g/mol. The van der Waals surface area contributed by atoms with Crippen LogP contribution in [0.2, 0.25) is 0 Å². The van der Waals surface area contributed by atoms with Crippen LogP contribution >= 0.6 is 24.0 Å². The third-order valence-electron chi connectivity index (χ3n) is 4.74. The topological polar surface area (TPSA) is 45.7 Å². The summed E-state index contributed by atoms with van der Waals surface area (Å²) in [5.41, 5.74) is -0.259. The second kappa shape index (κ2) is 8.57. The molecule has 0 radical (unpaired) electrons. The molecule has 0 saturated carbocycles. The van der Waals surface area contributed by atoms with Gasteiger partial charge >= 0.3 is 6.18 Å². The van der Waals surface area contributed by atoms with E-state index in [1.807, 2.05) is 0 Å². The lowest BCUT2D eigenvalue weighted by Crippen LogP contribution is -2.49. The van der Waals surface area contributed by atoms with Gasteiger partial charge in [-0.05, 0) is 30.9 Å². The maximum Gasteiger partial charge on any atom is 0.416 e. The fourth-order valence-electron chi connectivity index (χ4n) is 3.26. The zero-order valence-electron chi connectivity index (χ0n) is 13.9. The average molecular weight is 469 g/mol. The first-order valence-corrected chi connectivity index (χ1v) is 8.27. The number of guanidine groups is 1. The van der Waals surface area contributed by atoms with Crippen molar-refractivity contribution in [3.8, 4) is 0 Å². The van der Waals surface area contributed by atoms with Gasteiger partial charge in [0.15, 0.2) is 5.96 Å². The van der Waals surface area contributed by atoms with Gasteiger partial charge in [-0.3, -0.25) is 4.99 Å². The highest BCUT2D eigenvalue weighted by Gasteiger charge is 2.37. The Bertz CT molecular complexity index is 601. The van der Waals surface area contributed by atoms with Gasteiger partial charge in [0.05, 0.1) is 5.56 Å². The molecule has 0 unspecified atom stereocenters. The molecule has 0 aromatic heterocycles. The monoisotopic (exact) mass is 469 g/mol. The van der Waals surface area contributed by atoms with Gasteiger partial charge in [0.2, 0.25) is 0 Å². The summed E-state index contributed by atoms with van der Waals surface area (Å²) in [5.74, 6) is 0.735. The summed E-state index contributed by atoms with van der Waals surface area (Å²) in [6.07, 6.45) is -1.95. The number of hydrogen-bond donors (Lipinski definition) is 2. The summed E-state index contributed by atoms with van der Waals surface area (Å²) in [6.45, 7) is 3.29. The third kappa shape index (κ3) is 4.99. The average Bonchev–Trinajstić information content (AvgIpc) is 2.61. The number of nitrogens with one attached hydrogen (secondary N) is 2. The molecule has 0 aliphatic carbocycles. The number of nitrogens with zero attached hydrogens (tertiary/aromatic N) is 1. The molecule has 2 aliphatic heterocycles. The van der Waals surface area contributed by atoms with Crippen molar-refractivity contribution in [1.29, 1.82) is 0 Å². The van der Waals surface area contributed by atoms with Crippen LogP contribution in [0.5, 0.6) is 0 Å². The number of halogens is 4. The molecule has 2 heterocycles. The Morgan fingerprint density at radius 3 is 2.64 bits per heavy atom. The quantitative estimate of drug-likeness (QED) is 0.669. The van der Waals surface area contributed by atoms with Gasteiger partial charge < -0.3 is 15.4 Å². The van der Waals surface area contributed by atoms with Gasteiger partial charge in [0.25, 0.3) is 0 Å². The Balaban J connectivity index is 0.00000225. The van der Waals surface area contributed by atoms with Gasteiger partial charge in [0.1, 0.15) is 0 Å². The van der Waals surface area contributed by atoms with Crippen molar-refractivity contribution < 1.29 is 17.9 Å². The summed E-state index contributed by atoms with van der Waals surface area (Å²) in [7, 11) is 0. The molecule has 8 heteroatoms. The van der Waals surface area contributed by atoms with Crippen LogP contribution in [0.3, 0.4) is 0 Å². The lowest BCUT2D eigenvalue weighted by molar-refractivity contribution is -0.137. The van der Waals surface area contributed by atoms with Crippen LogP contribution in [0.25, 0.3) is 0 Å². The molecule has 140 valence electrons. The minimum atomic E-state index is -4.33. The van der Waals surface area contributed by atoms with Crippen molar-refractivity contribution >= 4 is 29.9 Å². The fraction of sp³-hybridized carbons (Fsp3) is 0.588. The van der Waals surface area contributed by atoms with Gasteiger partial charge in [-0.15, -0.1) is 24.0 Å². The van der Waals surface area contributed by atoms with E-state index in [1.54, 1.807) is 6.07 Å². The summed E-state index contributed by atoms with van der Waals surface area (Å²) in [4.78, 5) is 4.38. The minimum Gasteiger partial charge on any atom is -0.381 e. The third-order valence-corrected chi connectivity index (χ3v) is 4.74. The highest BCUT2D eigenvalue weighted by atomic mass is 127. The van der Waals surface area contributed by atoms with E-state index in [0.717, 1.165) is 31.5 Å². The van der Waals surface area contributed by atoms with Crippen LogP contribution in [0.1, 0.15) is 30.4 Å². The summed E-state index contributed by atoms with van der Waals surface area (Å²) in [6, 6.07) is 5.68. The second-order valence-electron chi connectivity index (χ2n) is 6.34. The van der Waals surface area contributed by atoms with Crippen LogP contribution in [0, 0.1) is 0 Å². The summed E-state index contributed by atoms with van der Waals surface area (Å²) in [5, 5.41) is 6.48. The molecule has 1 aromatic rings. The number of rotatable bonds is 3. The molecule has 0 spiro atoms. The van der Waals surface area contributed by atoms with E-state index in [-0.39, 0.29) is 29.4 Å². The SMILES string of the molecule is FC(F)(F)c1cccc(C2(CNC3=NCCCN3)CCOCC2)c1.I. The number of benzene rings is 1. The largest absolute Gasteiger partial charge is 0.416 e. The van der Waals surface area contributed by atoms with Crippen LogP contribution in [-0.2, 0) is 16.3 Å². The zero-order chi connectivity index (χ0) is 17.0. The van der Waals surface area contributed by atoms with Crippen molar-refractivity contribution in [3.63, 3.8) is 0 Å². The highest BCUT2D eigenvalue weighted by Crippen LogP contribution is 2.37. The minimum absolute atomic E-state index is 0. The number of aliphatic imine (C=N–C) groups is 1. The first kappa shape index (κ1) is 20.3. The van der Waals surface area contributed by atoms with Crippen molar-refractivity contribution in [1.82, 2.24) is 10.6 Å². The van der Waals surface area contributed by atoms with Crippen LogP contribution in [0.15, 0.2) is 29.3 Å². The molecule has 25 heavy (non-hydrogen) atoms. The van der Waals surface area contributed by atoms with Gasteiger partial charge in [-0.1, -0.05) is 18.2 Å². The molecule has 1 saturated heterocycles. The number of hydrogen-bond acceptors (Lipinski definition) is 4. The Morgan fingerprint density at radius 1 is 1.24 bits per heavy atom. The van der Waals surface area contributed by atoms with Crippen molar-refractivity contribution in [2.45, 2.75) is 30.9 Å². The normalized spacial score (nSPS) is 20.0. The van der Waals surface area contributed by atoms with E-state index in [1.165, 1.54) is 12.1 Å². The lowest BCUT2D eigenvalue weighted by Gasteiger charge is -2.38. The predicted octanol–water partition coefficient (Wildman–Crippen LogP) is 3.31. The number of alkyl halides is 3. The molecule has 1 fully saturated rings. The molecule has 3 rings (SSSR count). The molecule has 1 aromatic carbocycles. The van der Waals surface area contributed by atoms with Crippen molar-refractivity contribution in [2.24, 2.45) is 4.99 Å². The first-order valence-electron chi connectivity index (χ1n) is 8.27. The van der Waals surface area contributed by atoms with E-state index in [4.69, 9.17) is 4.74 Å². The maximum absolute atomic E-state index is 13.1. The van der Waals surface area contributed by atoms with E-state index in [2.05, 4.69) is 15.6 Å². The van der Waals surface area contributed by atoms with Crippen LogP contribution < -0.4 is 10.6 Å². The maximum atomic E-state index is 13.1. The van der Waals surface area contributed by atoms with E-state index in [9.17, 15) is 13.2 Å². The van der Waals surface area contributed by atoms with Crippen molar-refractivity contribution in [3.05, 3.63) is 35.4 Å². The zero-order valence-corrected chi connectivity index (χ0v) is 16.2. The van der Waals surface area contributed by atoms with E-state index >= 15 is 0 Å². The Kier molecular flexibility index (Phi) is 6.95. The fourth-order valence-corrected chi connectivity index (χ4v) is 3.26. The molecule has 0 atom stereocenters. The predicted molar refractivity (Wildman–Crippen MR) is 102 cm³/mol. The Labute approximate surface area is 162 Å². The summed E-state index contributed by atoms with van der Waals surface area (Å²) < 4.78 is 44.6. The van der Waals surface area contributed by atoms with Crippen molar-refractivity contribution in [2.75, 3.05) is 32.8 Å². The molecule has 2 N–H and O–H groups in total. The van der Waals surface area contributed by atoms with Crippen LogP contribution in [-0.4, -0.2) is 38.8 Å². The van der Waals surface area contributed by atoms with Gasteiger partial charge in [0, 0.05) is 38.3 Å². The van der Waals surface area contributed by atoms with Gasteiger partial charge in [-0.25, -0.2) is 0 Å². The second-order valence-corrected chi connectivity index (χ2v) is 6.34. The number of ether oxygens (including phenoxy) is 1. The standard InChI is InChI=1S/C17H22F3N3O.HI/c18-17(19,20)14-4-1-3-13(11-14)16(5-9-24-10-6-16)12-23-15-21-7-2-8-22-15;/h1,3-4,11H,2,5-10,12H2,(H2,21,22,23);1H. The molecular formula is C17H23F3IN3O. The van der Waals surface area contributed by atoms with Gasteiger partial charge in [-0.2, -0.15) is 13.2 Å². The van der Waals surface area contributed by atoms with E-state index in [0.29, 0.717) is 38.2 Å². The molecule has 0 amide bonds. The first-order chi connectivity index (χ1) is 11.5.